The molecule has 0 aliphatic carbocycles. The lowest BCUT2D eigenvalue weighted by molar-refractivity contribution is 0.0526. The van der Waals surface area contributed by atoms with Gasteiger partial charge in [0.05, 0.1) is 12.2 Å². The van der Waals surface area contributed by atoms with Crippen LogP contribution in [0, 0.1) is 18.8 Å². The van der Waals surface area contributed by atoms with Gasteiger partial charge >= 0.3 is 5.97 Å². The molecule has 0 unspecified atom stereocenters. The van der Waals surface area contributed by atoms with Crippen molar-refractivity contribution in [3.05, 3.63) is 29.3 Å². The highest BCUT2D eigenvalue weighted by molar-refractivity contribution is 7.80. The van der Waals surface area contributed by atoms with Crippen molar-refractivity contribution < 1.29 is 9.53 Å². The lowest BCUT2D eigenvalue weighted by Crippen LogP contribution is -2.40. The molecule has 5 nitrogen and oxygen atoms in total. The molecular formula is C21H33N3O2S. The second-order valence-electron chi connectivity index (χ2n) is 7.69. The van der Waals surface area contributed by atoms with Gasteiger partial charge in [0.25, 0.3) is 0 Å². The van der Waals surface area contributed by atoms with Crippen LogP contribution in [0.1, 0.15) is 49.5 Å². The van der Waals surface area contributed by atoms with Crippen molar-refractivity contribution in [3.63, 3.8) is 0 Å². The van der Waals surface area contributed by atoms with Gasteiger partial charge in [0.15, 0.2) is 5.11 Å². The van der Waals surface area contributed by atoms with E-state index in [4.69, 9.17) is 17.0 Å². The number of nitrogens with zero attached hydrogens (tertiary/aromatic N) is 1. The first-order chi connectivity index (χ1) is 12.9. The fourth-order valence-electron chi connectivity index (χ4n) is 3.79. The Morgan fingerprint density at radius 2 is 2.00 bits per heavy atom. The molecule has 1 aromatic rings. The summed E-state index contributed by atoms with van der Waals surface area (Å²) in [5, 5.41) is 7.11. The Bertz CT molecular complexity index is 640. The number of hydrogen-bond donors (Lipinski definition) is 2. The lowest BCUT2D eigenvalue weighted by Gasteiger charge is -2.35. The molecule has 1 saturated heterocycles. The van der Waals surface area contributed by atoms with Crippen LogP contribution in [0.15, 0.2) is 18.2 Å². The molecular weight excluding hydrogens is 358 g/mol. The first-order valence-corrected chi connectivity index (χ1v) is 10.3. The molecule has 1 fully saturated rings. The van der Waals surface area contributed by atoms with E-state index in [1.165, 1.54) is 19.5 Å². The van der Waals surface area contributed by atoms with Crippen LogP contribution in [-0.4, -0.2) is 48.8 Å². The fraction of sp³-hybridized carbons (Fsp3) is 0.619. The van der Waals surface area contributed by atoms with E-state index in [-0.39, 0.29) is 5.97 Å². The summed E-state index contributed by atoms with van der Waals surface area (Å²) < 4.78 is 5.03. The maximum absolute atomic E-state index is 11.8. The van der Waals surface area contributed by atoms with Crippen LogP contribution in [0.2, 0.25) is 0 Å². The standard InChI is InChI=1S/C21H33N3O2S/c1-5-26-20(25)18-7-8-19(17(4)12-18)23-21(27)22-9-6-10-24-13-15(2)11-16(3)14-24/h7-8,12,15-16H,5-6,9-11,13-14H2,1-4H3,(H2,22,23,27)/t15-,16-/m1/s1. The van der Waals surface area contributed by atoms with E-state index in [1.807, 2.05) is 19.1 Å². The first-order valence-electron chi connectivity index (χ1n) is 9.94. The first kappa shape index (κ1) is 21.6. The van der Waals surface area contributed by atoms with Crippen molar-refractivity contribution >= 4 is 29.0 Å². The third-order valence-corrected chi connectivity index (χ3v) is 5.11. The zero-order valence-electron chi connectivity index (χ0n) is 17.0. The van der Waals surface area contributed by atoms with Gasteiger partial charge in [0.2, 0.25) is 0 Å². The van der Waals surface area contributed by atoms with Crippen molar-refractivity contribution in [2.24, 2.45) is 11.8 Å². The van der Waals surface area contributed by atoms with Crippen LogP contribution in [-0.2, 0) is 4.74 Å². The lowest BCUT2D eigenvalue weighted by atomic mass is 9.92. The smallest absolute Gasteiger partial charge is 0.338 e. The number of carbonyl (C=O) groups is 1. The largest absolute Gasteiger partial charge is 0.462 e. The summed E-state index contributed by atoms with van der Waals surface area (Å²) in [6.07, 6.45) is 2.42. The monoisotopic (exact) mass is 391 g/mol. The van der Waals surface area contributed by atoms with Gasteiger partial charge in [-0.25, -0.2) is 4.79 Å². The number of rotatable bonds is 7. The van der Waals surface area contributed by atoms with Crippen molar-refractivity contribution in [1.82, 2.24) is 10.2 Å². The molecule has 2 N–H and O–H groups in total. The van der Waals surface area contributed by atoms with Crippen LogP contribution in [0.4, 0.5) is 5.69 Å². The van der Waals surface area contributed by atoms with Gasteiger partial charge < -0.3 is 20.3 Å². The second-order valence-corrected chi connectivity index (χ2v) is 8.10. The Morgan fingerprint density at radius 3 is 2.63 bits per heavy atom. The fourth-order valence-corrected chi connectivity index (χ4v) is 4.00. The topological polar surface area (TPSA) is 53.6 Å². The Kier molecular flexibility index (Phi) is 8.51. The van der Waals surface area contributed by atoms with Crippen LogP contribution >= 0.6 is 12.2 Å². The highest BCUT2D eigenvalue weighted by atomic mass is 32.1. The molecule has 0 radical (unpaired) electrons. The molecule has 0 saturated carbocycles. The quantitative estimate of drug-likeness (QED) is 0.419. The predicted octanol–water partition coefficient (Wildman–Crippen LogP) is 3.83. The molecule has 6 heteroatoms. The van der Waals surface area contributed by atoms with Crippen molar-refractivity contribution in [2.75, 3.05) is 38.1 Å². The summed E-state index contributed by atoms with van der Waals surface area (Å²) in [7, 11) is 0. The molecule has 2 rings (SSSR count). The van der Waals surface area contributed by atoms with Gasteiger partial charge in [-0.1, -0.05) is 13.8 Å². The number of thiocarbonyl (C=S) groups is 1. The molecule has 1 heterocycles. The number of nitrogens with one attached hydrogen (secondary N) is 2. The van der Waals surface area contributed by atoms with E-state index in [0.29, 0.717) is 17.3 Å². The molecule has 27 heavy (non-hydrogen) atoms. The Labute approximate surface area is 168 Å². The summed E-state index contributed by atoms with van der Waals surface area (Å²) in [6, 6.07) is 5.45. The number of ether oxygens (including phenoxy) is 1. The summed E-state index contributed by atoms with van der Waals surface area (Å²) in [6.45, 7) is 13.2. The molecule has 150 valence electrons. The van der Waals surface area contributed by atoms with E-state index < -0.39 is 0 Å². The zero-order valence-corrected chi connectivity index (χ0v) is 17.8. The summed E-state index contributed by atoms with van der Waals surface area (Å²) in [5.41, 5.74) is 2.42. The van der Waals surface area contributed by atoms with E-state index >= 15 is 0 Å². The average Bonchev–Trinajstić information content (AvgIpc) is 2.60. The Balaban J connectivity index is 1.73. The molecule has 1 aliphatic rings. The molecule has 0 bridgehead atoms. The number of hydrogen-bond acceptors (Lipinski definition) is 4. The van der Waals surface area contributed by atoms with Crippen molar-refractivity contribution in [1.29, 1.82) is 0 Å². The number of esters is 1. The number of benzene rings is 1. The maximum Gasteiger partial charge on any atom is 0.338 e. The number of piperidine rings is 1. The minimum atomic E-state index is -0.297. The summed E-state index contributed by atoms with van der Waals surface area (Å²) in [4.78, 5) is 14.4. The van der Waals surface area contributed by atoms with Gasteiger partial charge in [-0.2, -0.15) is 0 Å². The van der Waals surface area contributed by atoms with Crippen molar-refractivity contribution in [3.8, 4) is 0 Å². The molecule has 0 aromatic heterocycles. The van der Waals surface area contributed by atoms with Gasteiger partial charge in [-0.3, -0.25) is 0 Å². The van der Waals surface area contributed by atoms with Crippen LogP contribution in [0.3, 0.4) is 0 Å². The van der Waals surface area contributed by atoms with Crippen molar-refractivity contribution in [2.45, 2.75) is 40.5 Å². The predicted molar refractivity (Wildman–Crippen MR) is 115 cm³/mol. The Morgan fingerprint density at radius 1 is 1.30 bits per heavy atom. The molecule has 0 amide bonds. The number of aryl methyl sites for hydroxylation is 1. The van der Waals surface area contributed by atoms with Crippen LogP contribution in [0.25, 0.3) is 0 Å². The third-order valence-electron chi connectivity index (χ3n) is 4.87. The second kappa shape index (κ2) is 10.6. The van der Waals surface area contributed by atoms with Gasteiger partial charge in [-0.05, 0) is 81.1 Å². The molecule has 2 atom stereocenters. The van der Waals surface area contributed by atoms with E-state index in [9.17, 15) is 4.79 Å². The van der Waals surface area contributed by atoms with Gasteiger partial charge in [0.1, 0.15) is 0 Å². The number of carbonyl (C=O) groups excluding carboxylic acids is 1. The van der Waals surface area contributed by atoms with E-state index in [0.717, 1.165) is 42.6 Å². The molecule has 0 spiro atoms. The summed E-state index contributed by atoms with van der Waals surface area (Å²) in [5.74, 6) is 1.30. The molecule has 1 aromatic carbocycles. The average molecular weight is 392 g/mol. The Hall–Kier alpha value is -1.66. The SMILES string of the molecule is CCOC(=O)c1ccc(NC(=S)NCCCN2C[C@H](C)C[C@@H](C)C2)c(C)c1. The maximum atomic E-state index is 11.8. The highest BCUT2D eigenvalue weighted by Crippen LogP contribution is 2.21. The highest BCUT2D eigenvalue weighted by Gasteiger charge is 2.21. The number of anilines is 1. The molecule has 1 aliphatic heterocycles. The van der Waals surface area contributed by atoms with Crippen LogP contribution < -0.4 is 10.6 Å². The normalized spacial score (nSPS) is 20.1. The van der Waals surface area contributed by atoms with Crippen LogP contribution in [0.5, 0.6) is 0 Å². The minimum absolute atomic E-state index is 0.297. The zero-order chi connectivity index (χ0) is 19.8. The van der Waals surface area contributed by atoms with E-state index in [2.05, 4.69) is 29.4 Å². The minimum Gasteiger partial charge on any atom is -0.462 e. The number of likely N-dealkylation sites (tertiary alicyclic amines) is 1. The third kappa shape index (κ3) is 7.11. The van der Waals surface area contributed by atoms with Gasteiger partial charge in [0, 0.05) is 25.3 Å². The van der Waals surface area contributed by atoms with E-state index in [1.54, 1.807) is 13.0 Å². The summed E-state index contributed by atoms with van der Waals surface area (Å²) >= 11 is 5.40. The van der Waals surface area contributed by atoms with Gasteiger partial charge in [-0.15, -0.1) is 0 Å².